The standard InChI is InChI=1S/C11H12N2O2/c1-15-10-6-8(3-2-4-12)5-9(7-13)11(10)14/h2-3,5-6,14H,4,12H2,1H3/b3-2+. The second kappa shape index (κ2) is 5.03. The predicted octanol–water partition coefficient (Wildman–Crippen LogP) is 1.24. The maximum Gasteiger partial charge on any atom is 0.175 e. The molecule has 78 valence electrons. The van der Waals surface area contributed by atoms with Crippen LogP contribution in [0.1, 0.15) is 11.1 Å². The van der Waals surface area contributed by atoms with E-state index in [1.807, 2.05) is 6.07 Å². The molecule has 0 atom stereocenters. The lowest BCUT2D eigenvalue weighted by atomic mass is 10.1. The van der Waals surface area contributed by atoms with Gasteiger partial charge in [0, 0.05) is 6.54 Å². The largest absolute Gasteiger partial charge is 0.503 e. The summed E-state index contributed by atoms with van der Waals surface area (Å²) in [4.78, 5) is 0. The number of hydrogen-bond acceptors (Lipinski definition) is 4. The molecule has 0 heterocycles. The van der Waals surface area contributed by atoms with E-state index in [0.29, 0.717) is 6.54 Å². The van der Waals surface area contributed by atoms with Crippen LogP contribution in [0.4, 0.5) is 0 Å². The summed E-state index contributed by atoms with van der Waals surface area (Å²) in [6.07, 6.45) is 3.52. The van der Waals surface area contributed by atoms with Gasteiger partial charge in [0.05, 0.1) is 12.7 Å². The predicted molar refractivity (Wildman–Crippen MR) is 57.5 cm³/mol. The number of rotatable bonds is 3. The number of nitriles is 1. The first-order chi connectivity index (χ1) is 7.22. The first-order valence-corrected chi connectivity index (χ1v) is 4.40. The van der Waals surface area contributed by atoms with Gasteiger partial charge in [-0.3, -0.25) is 0 Å². The van der Waals surface area contributed by atoms with E-state index < -0.39 is 0 Å². The molecule has 0 fully saturated rings. The van der Waals surface area contributed by atoms with Crippen molar-refractivity contribution in [3.05, 3.63) is 29.3 Å². The molecule has 0 aliphatic heterocycles. The van der Waals surface area contributed by atoms with Crippen LogP contribution < -0.4 is 10.5 Å². The number of phenols is 1. The van der Waals surface area contributed by atoms with Gasteiger partial charge < -0.3 is 15.6 Å². The zero-order valence-corrected chi connectivity index (χ0v) is 8.40. The lowest BCUT2D eigenvalue weighted by Gasteiger charge is -2.05. The van der Waals surface area contributed by atoms with Gasteiger partial charge >= 0.3 is 0 Å². The summed E-state index contributed by atoms with van der Waals surface area (Å²) in [5.41, 5.74) is 6.27. The van der Waals surface area contributed by atoms with Crippen molar-refractivity contribution in [2.24, 2.45) is 5.73 Å². The highest BCUT2D eigenvalue weighted by atomic mass is 16.5. The van der Waals surface area contributed by atoms with Gasteiger partial charge in [-0.05, 0) is 17.7 Å². The Balaban J connectivity index is 3.22. The molecule has 1 rings (SSSR count). The quantitative estimate of drug-likeness (QED) is 0.776. The summed E-state index contributed by atoms with van der Waals surface area (Å²) in [5.74, 6) is 0.149. The van der Waals surface area contributed by atoms with Gasteiger partial charge in [-0.2, -0.15) is 5.26 Å². The zero-order valence-electron chi connectivity index (χ0n) is 8.40. The van der Waals surface area contributed by atoms with Gasteiger partial charge in [0.15, 0.2) is 11.5 Å². The van der Waals surface area contributed by atoms with Crippen LogP contribution in [0.3, 0.4) is 0 Å². The van der Waals surface area contributed by atoms with E-state index >= 15 is 0 Å². The maximum absolute atomic E-state index is 9.54. The number of hydrogen-bond donors (Lipinski definition) is 2. The second-order valence-corrected chi connectivity index (χ2v) is 2.87. The Morgan fingerprint density at radius 1 is 1.60 bits per heavy atom. The minimum atomic E-state index is -0.134. The third kappa shape index (κ3) is 2.48. The van der Waals surface area contributed by atoms with Crippen molar-refractivity contribution in [1.82, 2.24) is 0 Å². The van der Waals surface area contributed by atoms with Gasteiger partial charge in [0.1, 0.15) is 6.07 Å². The number of nitrogens with two attached hydrogens (primary N) is 1. The molecule has 0 aliphatic carbocycles. The molecule has 0 bridgehead atoms. The van der Waals surface area contributed by atoms with Crippen molar-refractivity contribution in [1.29, 1.82) is 5.26 Å². The van der Waals surface area contributed by atoms with E-state index in [1.54, 1.807) is 24.3 Å². The van der Waals surface area contributed by atoms with Gasteiger partial charge in [0.2, 0.25) is 0 Å². The van der Waals surface area contributed by atoms with Crippen LogP contribution in [0.5, 0.6) is 11.5 Å². The van der Waals surface area contributed by atoms with Crippen LogP contribution in [-0.2, 0) is 0 Å². The molecule has 0 aliphatic rings. The third-order valence-corrected chi connectivity index (χ3v) is 1.88. The molecular formula is C11H12N2O2. The summed E-state index contributed by atoms with van der Waals surface area (Å²) in [5, 5.41) is 18.3. The van der Waals surface area contributed by atoms with Gasteiger partial charge in [0.25, 0.3) is 0 Å². The molecule has 15 heavy (non-hydrogen) atoms. The molecule has 0 unspecified atom stereocenters. The van der Waals surface area contributed by atoms with Crippen LogP contribution >= 0.6 is 0 Å². The fourth-order valence-corrected chi connectivity index (χ4v) is 1.17. The molecule has 0 radical (unpaired) electrons. The Morgan fingerprint density at radius 2 is 2.33 bits per heavy atom. The SMILES string of the molecule is COc1cc(/C=C/CN)cc(C#N)c1O. The van der Waals surface area contributed by atoms with Gasteiger partial charge in [-0.1, -0.05) is 12.2 Å². The van der Waals surface area contributed by atoms with Crippen LogP contribution in [-0.4, -0.2) is 18.8 Å². The van der Waals surface area contributed by atoms with Crippen molar-refractivity contribution < 1.29 is 9.84 Å². The summed E-state index contributed by atoms with van der Waals surface area (Å²) >= 11 is 0. The Kier molecular flexibility index (Phi) is 3.72. The molecule has 1 aromatic rings. The van der Waals surface area contributed by atoms with Crippen LogP contribution in [0.2, 0.25) is 0 Å². The van der Waals surface area contributed by atoms with E-state index in [0.717, 1.165) is 5.56 Å². The topological polar surface area (TPSA) is 79.3 Å². The fourth-order valence-electron chi connectivity index (χ4n) is 1.17. The summed E-state index contributed by atoms with van der Waals surface area (Å²) in [6.45, 7) is 0.422. The summed E-state index contributed by atoms with van der Waals surface area (Å²) in [7, 11) is 1.44. The normalized spacial score (nSPS) is 10.2. The molecule has 0 saturated heterocycles. The molecule has 0 spiro atoms. The number of methoxy groups -OCH3 is 1. The number of benzene rings is 1. The van der Waals surface area contributed by atoms with Crippen molar-refractivity contribution in [2.75, 3.05) is 13.7 Å². The monoisotopic (exact) mass is 204 g/mol. The Bertz CT molecular complexity index is 419. The van der Waals surface area contributed by atoms with Gasteiger partial charge in [-0.15, -0.1) is 0 Å². The molecule has 3 N–H and O–H groups in total. The third-order valence-electron chi connectivity index (χ3n) is 1.88. The highest BCUT2D eigenvalue weighted by Crippen LogP contribution is 2.31. The lowest BCUT2D eigenvalue weighted by Crippen LogP contribution is -1.92. The smallest absolute Gasteiger partial charge is 0.175 e. The fraction of sp³-hybridized carbons (Fsp3) is 0.182. The second-order valence-electron chi connectivity index (χ2n) is 2.87. The molecule has 0 aromatic heterocycles. The van der Waals surface area contributed by atoms with Crippen molar-refractivity contribution >= 4 is 6.08 Å². The van der Waals surface area contributed by atoms with E-state index in [-0.39, 0.29) is 17.1 Å². The minimum Gasteiger partial charge on any atom is -0.503 e. The Labute approximate surface area is 88.2 Å². The molecule has 4 heteroatoms. The summed E-state index contributed by atoms with van der Waals surface area (Å²) in [6, 6.07) is 5.11. The Morgan fingerprint density at radius 3 is 2.87 bits per heavy atom. The number of aromatic hydroxyl groups is 1. The van der Waals surface area contributed by atoms with Crippen LogP contribution in [0, 0.1) is 11.3 Å². The molecule has 1 aromatic carbocycles. The minimum absolute atomic E-state index is 0.134. The average molecular weight is 204 g/mol. The first kappa shape index (κ1) is 11.1. The number of phenolic OH excluding ortho intramolecular Hbond substituents is 1. The van der Waals surface area contributed by atoms with Crippen molar-refractivity contribution in [3.8, 4) is 17.6 Å². The molecular weight excluding hydrogens is 192 g/mol. The van der Waals surface area contributed by atoms with E-state index in [9.17, 15) is 5.11 Å². The highest BCUT2D eigenvalue weighted by Gasteiger charge is 2.08. The molecule has 0 amide bonds. The molecule has 0 saturated carbocycles. The maximum atomic E-state index is 9.54. The van der Waals surface area contributed by atoms with E-state index in [2.05, 4.69) is 0 Å². The number of nitrogens with zero attached hydrogens (tertiary/aromatic N) is 1. The van der Waals surface area contributed by atoms with Crippen molar-refractivity contribution in [2.45, 2.75) is 0 Å². The highest BCUT2D eigenvalue weighted by molar-refractivity contribution is 5.61. The summed E-state index contributed by atoms with van der Waals surface area (Å²) < 4.78 is 4.94. The first-order valence-electron chi connectivity index (χ1n) is 4.40. The number of ether oxygens (including phenoxy) is 1. The average Bonchev–Trinajstić information content (AvgIpc) is 2.27. The van der Waals surface area contributed by atoms with Crippen LogP contribution in [0.15, 0.2) is 18.2 Å². The van der Waals surface area contributed by atoms with Crippen molar-refractivity contribution in [3.63, 3.8) is 0 Å². The van der Waals surface area contributed by atoms with E-state index in [4.69, 9.17) is 15.7 Å². The molecule has 4 nitrogen and oxygen atoms in total. The zero-order chi connectivity index (χ0) is 11.3. The van der Waals surface area contributed by atoms with E-state index in [1.165, 1.54) is 7.11 Å². The van der Waals surface area contributed by atoms with Gasteiger partial charge in [-0.25, -0.2) is 0 Å². The van der Waals surface area contributed by atoms with Crippen LogP contribution in [0.25, 0.3) is 6.08 Å². The lowest BCUT2D eigenvalue weighted by molar-refractivity contribution is 0.372. The Hall–Kier alpha value is -1.99.